The molecular formula is C11H17NO3S. The summed E-state index contributed by atoms with van der Waals surface area (Å²) in [5.74, 6) is 0. The highest BCUT2D eigenvalue weighted by atomic mass is 32.2. The van der Waals surface area contributed by atoms with Crippen LogP contribution in [0.4, 0.5) is 0 Å². The van der Waals surface area contributed by atoms with Crippen LogP contribution in [0.3, 0.4) is 0 Å². The van der Waals surface area contributed by atoms with Gasteiger partial charge < -0.3 is 5.73 Å². The molecule has 2 N–H and O–H groups in total. The Morgan fingerprint density at radius 3 is 2.31 bits per heavy atom. The Morgan fingerprint density at radius 2 is 1.88 bits per heavy atom. The van der Waals surface area contributed by atoms with Crippen molar-refractivity contribution in [1.82, 2.24) is 0 Å². The van der Waals surface area contributed by atoms with E-state index in [1.807, 2.05) is 13.8 Å². The minimum Gasteiger partial charge on any atom is -0.328 e. The minimum atomic E-state index is -3.68. The largest absolute Gasteiger partial charge is 0.328 e. The van der Waals surface area contributed by atoms with Gasteiger partial charge in [-0.3, -0.25) is 4.18 Å². The topological polar surface area (TPSA) is 69.4 Å². The van der Waals surface area contributed by atoms with Gasteiger partial charge in [-0.1, -0.05) is 24.6 Å². The second kappa shape index (κ2) is 5.43. The van der Waals surface area contributed by atoms with E-state index >= 15 is 0 Å². The average Bonchev–Trinajstić information content (AvgIpc) is 2.26. The monoisotopic (exact) mass is 243 g/mol. The van der Waals surface area contributed by atoms with Gasteiger partial charge in [-0.15, -0.1) is 0 Å². The van der Waals surface area contributed by atoms with E-state index in [1.165, 1.54) is 12.1 Å². The first-order chi connectivity index (χ1) is 7.49. The van der Waals surface area contributed by atoms with E-state index in [0.29, 0.717) is 6.42 Å². The summed E-state index contributed by atoms with van der Waals surface area (Å²) in [4.78, 5) is 0.171. The summed E-state index contributed by atoms with van der Waals surface area (Å²) in [7, 11) is -3.68. The van der Waals surface area contributed by atoms with Crippen LogP contribution in [-0.2, 0) is 14.3 Å². The fourth-order valence-corrected chi connectivity index (χ4v) is 2.37. The lowest BCUT2D eigenvalue weighted by Gasteiger charge is -2.13. The third-order valence-corrected chi connectivity index (χ3v) is 3.67. The summed E-state index contributed by atoms with van der Waals surface area (Å²) in [6.07, 6.45) is 0.119. The summed E-state index contributed by atoms with van der Waals surface area (Å²) in [6, 6.07) is 6.54. The van der Waals surface area contributed by atoms with E-state index < -0.39 is 16.2 Å². The molecule has 1 aromatic carbocycles. The Morgan fingerprint density at radius 1 is 1.31 bits per heavy atom. The predicted molar refractivity (Wildman–Crippen MR) is 62.6 cm³/mol. The van der Waals surface area contributed by atoms with Crippen LogP contribution in [-0.4, -0.2) is 21.1 Å². The van der Waals surface area contributed by atoms with E-state index in [2.05, 4.69) is 0 Å². The van der Waals surface area contributed by atoms with Crippen LogP contribution in [0.15, 0.2) is 29.2 Å². The molecule has 0 saturated heterocycles. The highest BCUT2D eigenvalue weighted by molar-refractivity contribution is 7.86. The van der Waals surface area contributed by atoms with Gasteiger partial charge in [-0.25, -0.2) is 0 Å². The highest BCUT2D eigenvalue weighted by Gasteiger charge is 2.19. The molecule has 0 aromatic heterocycles. The van der Waals surface area contributed by atoms with Gasteiger partial charge in [0.05, 0.1) is 11.0 Å². The van der Waals surface area contributed by atoms with Crippen LogP contribution in [0.25, 0.3) is 0 Å². The SMILES string of the molecule is CCC(CN)OS(=O)(=O)c1ccc(C)cc1. The van der Waals surface area contributed by atoms with Gasteiger partial charge in [0.1, 0.15) is 0 Å². The van der Waals surface area contributed by atoms with Gasteiger partial charge in [-0.2, -0.15) is 8.42 Å². The van der Waals surface area contributed by atoms with Crippen LogP contribution < -0.4 is 5.73 Å². The lowest BCUT2D eigenvalue weighted by molar-refractivity contribution is 0.212. The molecule has 4 nitrogen and oxygen atoms in total. The number of aryl methyl sites for hydroxylation is 1. The summed E-state index contributed by atoms with van der Waals surface area (Å²) in [5, 5.41) is 0. The van der Waals surface area contributed by atoms with Crippen molar-refractivity contribution in [2.75, 3.05) is 6.54 Å². The molecule has 1 rings (SSSR count). The van der Waals surface area contributed by atoms with Crippen LogP contribution >= 0.6 is 0 Å². The molecule has 0 aliphatic rings. The molecule has 0 amide bonds. The first kappa shape index (κ1) is 13.2. The van der Waals surface area contributed by atoms with E-state index in [-0.39, 0.29) is 11.4 Å². The fraction of sp³-hybridized carbons (Fsp3) is 0.455. The summed E-state index contributed by atoms with van der Waals surface area (Å²) < 4.78 is 28.6. The van der Waals surface area contributed by atoms with Crippen LogP contribution in [0, 0.1) is 6.92 Å². The maximum atomic E-state index is 11.8. The second-order valence-corrected chi connectivity index (χ2v) is 5.20. The molecule has 16 heavy (non-hydrogen) atoms. The van der Waals surface area contributed by atoms with Crippen molar-refractivity contribution < 1.29 is 12.6 Å². The van der Waals surface area contributed by atoms with Crippen molar-refractivity contribution in [2.45, 2.75) is 31.3 Å². The fourth-order valence-electron chi connectivity index (χ4n) is 1.21. The van der Waals surface area contributed by atoms with Crippen LogP contribution in [0.1, 0.15) is 18.9 Å². The molecule has 0 spiro atoms. The first-order valence-electron chi connectivity index (χ1n) is 5.19. The Hall–Kier alpha value is -0.910. The lowest BCUT2D eigenvalue weighted by Crippen LogP contribution is -2.26. The van der Waals surface area contributed by atoms with E-state index in [9.17, 15) is 8.42 Å². The Bertz CT molecular complexity index is 421. The van der Waals surface area contributed by atoms with Gasteiger partial charge in [0.2, 0.25) is 0 Å². The third-order valence-electron chi connectivity index (χ3n) is 2.29. The number of benzene rings is 1. The number of hydrogen-bond acceptors (Lipinski definition) is 4. The molecule has 90 valence electrons. The lowest BCUT2D eigenvalue weighted by atomic mass is 10.2. The van der Waals surface area contributed by atoms with Gasteiger partial charge in [-0.05, 0) is 25.5 Å². The molecular weight excluding hydrogens is 226 g/mol. The van der Waals surface area contributed by atoms with Crippen molar-refractivity contribution in [3.8, 4) is 0 Å². The average molecular weight is 243 g/mol. The van der Waals surface area contributed by atoms with Crippen LogP contribution in [0.5, 0.6) is 0 Å². The van der Waals surface area contributed by atoms with Gasteiger partial charge in [0, 0.05) is 6.54 Å². The quantitative estimate of drug-likeness (QED) is 0.794. The van der Waals surface area contributed by atoms with Crippen molar-refractivity contribution in [3.63, 3.8) is 0 Å². The number of rotatable bonds is 5. The molecule has 1 aromatic rings. The molecule has 0 bridgehead atoms. The van der Waals surface area contributed by atoms with Crippen LogP contribution in [0.2, 0.25) is 0 Å². The van der Waals surface area contributed by atoms with Gasteiger partial charge in [0.15, 0.2) is 0 Å². The second-order valence-electron chi connectivity index (χ2n) is 3.63. The summed E-state index contributed by atoms with van der Waals surface area (Å²) in [5.41, 5.74) is 6.41. The zero-order chi connectivity index (χ0) is 12.2. The molecule has 0 aliphatic carbocycles. The minimum absolute atomic E-state index is 0.171. The Labute approximate surface area is 96.5 Å². The molecule has 1 unspecified atom stereocenters. The van der Waals surface area contributed by atoms with E-state index in [1.54, 1.807) is 12.1 Å². The van der Waals surface area contributed by atoms with Crippen molar-refractivity contribution in [1.29, 1.82) is 0 Å². The van der Waals surface area contributed by atoms with Gasteiger partial charge >= 0.3 is 0 Å². The molecule has 0 saturated carbocycles. The number of hydrogen-bond donors (Lipinski definition) is 1. The van der Waals surface area contributed by atoms with E-state index in [0.717, 1.165) is 5.56 Å². The maximum absolute atomic E-state index is 11.8. The zero-order valence-electron chi connectivity index (χ0n) is 9.51. The molecule has 0 aliphatic heterocycles. The van der Waals surface area contributed by atoms with Crippen molar-refractivity contribution >= 4 is 10.1 Å². The third kappa shape index (κ3) is 3.30. The first-order valence-corrected chi connectivity index (χ1v) is 6.60. The zero-order valence-corrected chi connectivity index (χ0v) is 10.3. The Kier molecular flexibility index (Phi) is 4.46. The maximum Gasteiger partial charge on any atom is 0.297 e. The standard InChI is InChI=1S/C11H17NO3S/c1-3-10(8-12)15-16(13,14)11-6-4-9(2)5-7-11/h4-7,10H,3,8,12H2,1-2H3. The number of nitrogens with two attached hydrogens (primary N) is 1. The summed E-state index contributed by atoms with van der Waals surface area (Å²) >= 11 is 0. The highest BCUT2D eigenvalue weighted by Crippen LogP contribution is 2.15. The smallest absolute Gasteiger partial charge is 0.297 e. The summed E-state index contributed by atoms with van der Waals surface area (Å²) in [6.45, 7) is 3.93. The predicted octanol–water partition coefficient (Wildman–Crippen LogP) is 1.44. The molecule has 5 heteroatoms. The molecule has 1 atom stereocenters. The molecule has 0 radical (unpaired) electrons. The Balaban J connectivity index is 2.89. The molecule has 0 fully saturated rings. The van der Waals surface area contributed by atoms with Crippen molar-refractivity contribution in [2.24, 2.45) is 5.73 Å². The van der Waals surface area contributed by atoms with Gasteiger partial charge in [0.25, 0.3) is 10.1 Å². The normalized spacial score (nSPS) is 13.7. The van der Waals surface area contributed by atoms with Crippen molar-refractivity contribution in [3.05, 3.63) is 29.8 Å². The van der Waals surface area contributed by atoms with E-state index in [4.69, 9.17) is 9.92 Å². The molecule has 0 heterocycles.